The van der Waals surface area contributed by atoms with E-state index in [1.54, 1.807) is 16.9 Å². The van der Waals surface area contributed by atoms with Gasteiger partial charge < -0.3 is 10.2 Å². The summed E-state index contributed by atoms with van der Waals surface area (Å²) in [6.07, 6.45) is 4.05. The van der Waals surface area contributed by atoms with Crippen molar-refractivity contribution in [2.24, 2.45) is 0 Å². The van der Waals surface area contributed by atoms with Crippen LogP contribution in [-0.4, -0.2) is 26.6 Å². The number of aliphatic hydroxyl groups is 1. The molecule has 0 unspecified atom stereocenters. The maximum Gasteiger partial charge on any atom is 0.125 e. The molecule has 0 aliphatic rings. The number of phenolic OH excluding ortho intramolecular Hbond substituents is 1. The Balaban J connectivity index is 2.06. The molecule has 3 rings (SSSR count). The van der Waals surface area contributed by atoms with E-state index >= 15 is 0 Å². The van der Waals surface area contributed by atoms with Crippen molar-refractivity contribution in [2.45, 2.75) is 6.42 Å². The quantitative estimate of drug-likeness (QED) is 0.749. The molecule has 0 aliphatic heterocycles. The number of halogens is 1. The molecule has 1 heterocycles. The molecule has 2 aromatic carbocycles. The van der Waals surface area contributed by atoms with Crippen LogP contribution in [0.2, 0.25) is 0 Å². The molecule has 0 saturated carbocycles. The number of hydrogen-bond acceptors (Lipinski definition) is 3. The molecule has 2 N–H and O–H groups in total. The minimum Gasteiger partial charge on any atom is -0.507 e. The number of benzene rings is 2. The second kappa shape index (κ2) is 6.34. The topological polar surface area (TPSA) is 58.3 Å². The highest BCUT2D eigenvalue weighted by Gasteiger charge is 2.11. The van der Waals surface area contributed by atoms with E-state index in [-0.39, 0.29) is 12.4 Å². The normalized spacial score (nSPS) is 10.8. The zero-order chi connectivity index (χ0) is 15.5. The van der Waals surface area contributed by atoms with Crippen molar-refractivity contribution in [1.82, 2.24) is 9.78 Å². The molecule has 0 amide bonds. The average molecular weight is 359 g/mol. The average Bonchev–Trinajstić information content (AvgIpc) is 3.03. The Labute approximate surface area is 136 Å². The van der Waals surface area contributed by atoms with Crippen LogP contribution < -0.4 is 0 Å². The Morgan fingerprint density at radius 2 is 1.91 bits per heavy atom. The molecule has 0 saturated heterocycles. The molecule has 3 aromatic rings. The van der Waals surface area contributed by atoms with Crippen LogP contribution in [0, 0.1) is 0 Å². The van der Waals surface area contributed by atoms with E-state index in [0.717, 1.165) is 26.9 Å². The molecule has 0 spiro atoms. The summed E-state index contributed by atoms with van der Waals surface area (Å²) in [7, 11) is 0. The predicted molar refractivity (Wildman–Crippen MR) is 89.2 cm³/mol. The maximum atomic E-state index is 10.4. The molecule has 5 heteroatoms. The molecule has 0 bridgehead atoms. The van der Waals surface area contributed by atoms with Gasteiger partial charge in [0.05, 0.1) is 5.69 Å². The zero-order valence-corrected chi connectivity index (χ0v) is 13.4. The number of aromatic nitrogens is 2. The molecule has 0 aliphatic carbocycles. The summed E-state index contributed by atoms with van der Waals surface area (Å²) in [5, 5.41) is 23.8. The standard InChI is InChI=1S/C17H15BrN2O2/c18-13-2-4-15(12(10-13)6-9-21)16-5-3-14(11-17(16)22)20-8-1-7-19-20/h1-5,7-8,10-11,21-22H,6,9H2. The fourth-order valence-electron chi connectivity index (χ4n) is 2.46. The molecule has 0 atom stereocenters. The van der Waals surface area contributed by atoms with Crippen molar-refractivity contribution >= 4 is 15.9 Å². The summed E-state index contributed by atoms with van der Waals surface area (Å²) in [6.45, 7) is 0.0651. The first-order valence-corrected chi connectivity index (χ1v) is 7.71. The van der Waals surface area contributed by atoms with Crippen molar-refractivity contribution in [3.8, 4) is 22.6 Å². The first kappa shape index (κ1) is 14.8. The highest BCUT2D eigenvalue weighted by atomic mass is 79.9. The van der Waals surface area contributed by atoms with E-state index in [9.17, 15) is 10.2 Å². The lowest BCUT2D eigenvalue weighted by Gasteiger charge is -2.12. The molecule has 0 fully saturated rings. The fourth-order valence-corrected chi connectivity index (χ4v) is 2.87. The van der Waals surface area contributed by atoms with Gasteiger partial charge in [-0.2, -0.15) is 5.10 Å². The van der Waals surface area contributed by atoms with Crippen LogP contribution in [0.1, 0.15) is 5.56 Å². The number of nitrogens with zero attached hydrogens (tertiary/aromatic N) is 2. The van der Waals surface area contributed by atoms with E-state index in [4.69, 9.17) is 0 Å². The highest BCUT2D eigenvalue weighted by molar-refractivity contribution is 9.10. The summed E-state index contributed by atoms with van der Waals surface area (Å²) >= 11 is 3.44. The van der Waals surface area contributed by atoms with Gasteiger partial charge in [-0.05, 0) is 47.9 Å². The van der Waals surface area contributed by atoms with Crippen molar-refractivity contribution in [3.05, 3.63) is 64.9 Å². The van der Waals surface area contributed by atoms with Crippen LogP contribution in [0.25, 0.3) is 16.8 Å². The lowest BCUT2D eigenvalue weighted by Crippen LogP contribution is -1.97. The minimum absolute atomic E-state index is 0.0651. The third kappa shape index (κ3) is 2.91. The third-order valence-electron chi connectivity index (χ3n) is 3.49. The SMILES string of the molecule is OCCc1cc(Br)ccc1-c1ccc(-n2cccn2)cc1O. The Hall–Kier alpha value is -2.11. The van der Waals surface area contributed by atoms with E-state index in [0.29, 0.717) is 6.42 Å². The van der Waals surface area contributed by atoms with Crippen LogP contribution in [0.4, 0.5) is 0 Å². The Bertz CT molecular complexity index is 785. The van der Waals surface area contributed by atoms with Gasteiger partial charge in [-0.1, -0.05) is 22.0 Å². The molecular formula is C17H15BrN2O2. The second-order valence-corrected chi connectivity index (χ2v) is 5.84. The molecule has 0 radical (unpaired) electrons. The molecule has 1 aromatic heterocycles. The van der Waals surface area contributed by atoms with Crippen molar-refractivity contribution in [2.75, 3.05) is 6.61 Å². The van der Waals surface area contributed by atoms with Gasteiger partial charge in [0.2, 0.25) is 0 Å². The van der Waals surface area contributed by atoms with Crippen molar-refractivity contribution in [3.63, 3.8) is 0 Å². The van der Waals surface area contributed by atoms with Crippen molar-refractivity contribution < 1.29 is 10.2 Å². The lowest BCUT2D eigenvalue weighted by atomic mass is 9.97. The Morgan fingerprint density at radius 1 is 1.09 bits per heavy atom. The number of aromatic hydroxyl groups is 1. The number of aliphatic hydroxyl groups excluding tert-OH is 1. The van der Waals surface area contributed by atoms with Crippen LogP contribution in [0.5, 0.6) is 5.75 Å². The van der Waals surface area contributed by atoms with Gasteiger partial charge >= 0.3 is 0 Å². The van der Waals surface area contributed by atoms with Gasteiger partial charge in [-0.3, -0.25) is 0 Å². The molecule has 22 heavy (non-hydrogen) atoms. The fraction of sp³-hybridized carbons (Fsp3) is 0.118. The van der Waals surface area contributed by atoms with E-state index < -0.39 is 0 Å². The summed E-state index contributed by atoms with van der Waals surface area (Å²) < 4.78 is 2.65. The zero-order valence-electron chi connectivity index (χ0n) is 11.8. The summed E-state index contributed by atoms with van der Waals surface area (Å²) in [4.78, 5) is 0. The number of phenols is 1. The predicted octanol–water partition coefficient (Wildman–Crippen LogP) is 3.54. The van der Waals surface area contributed by atoms with Crippen LogP contribution >= 0.6 is 15.9 Å². The van der Waals surface area contributed by atoms with Crippen LogP contribution in [0.15, 0.2) is 59.3 Å². The van der Waals surface area contributed by atoms with Gasteiger partial charge in [-0.15, -0.1) is 0 Å². The smallest absolute Gasteiger partial charge is 0.125 e. The van der Waals surface area contributed by atoms with E-state index in [1.807, 2.05) is 42.6 Å². The number of hydrogen-bond donors (Lipinski definition) is 2. The maximum absolute atomic E-state index is 10.4. The van der Waals surface area contributed by atoms with Crippen molar-refractivity contribution in [1.29, 1.82) is 0 Å². The van der Waals surface area contributed by atoms with Crippen LogP contribution in [-0.2, 0) is 6.42 Å². The largest absolute Gasteiger partial charge is 0.507 e. The molecular weight excluding hydrogens is 344 g/mol. The number of rotatable bonds is 4. The first-order chi connectivity index (χ1) is 10.7. The van der Waals surface area contributed by atoms with Gasteiger partial charge in [0, 0.05) is 35.1 Å². The van der Waals surface area contributed by atoms with Gasteiger partial charge in [0.1, 0.15) is 5.75 Å². The first-order valence-electron chi connectivity index (χ1n) is 6.92. The van der Waals surface area contributed by atoms with Crippen LogP contribution in [0.3, 0.4) is 0 Å². The third-order valence-corrected chi connectivity index (χ3v) is 3.98. The summed E-state index contributed by atoms with van der Waals surface area (Å²) in [6, 6.07) is 13.1. The van der Waals surface area contributed by atoms with E-state index in [1.165, 1.54) is 0 Å². The molecule has 112 valence electrons. The lowest BCUT2D eigenvalue weighted by molar-refractivity contribution is 0.299. The van der Waals surface area contributed by atoms with Gasteiger partial charge in [0.25, 0.3) is 0 Å². The second-order valence-electron chi connectivity index (χ2n) is 4.93. The monoisotopic (exact) mass is 358 g/mol. The minimum atomic E-state index is 0.0651. The summed E-state index contributed by atoms with van der Waals surface area (Å²) in [5.41, 5.74) is 3.44. The molecule has 4 nitrogen and oxygen atoms in total. The van der Waals surface area contributed by atoms with Gasteiger partial charge in [0.15, 0.2) is 0 Å². The highest BCUT2D eigenvalue weighted by Crippen LogP contribution is 2.34. The Kier molecular flexibility index (Phi) is 4.27. The van der Waals surface area contributed by atoms with Gasteiger partial charge in [-0.25, -0.2) is 4.68 Å². The Morgan fingerprint density at radius 3 is 2.59 bits per heavy atom. The summed E-state index contributed by atoms with van der Waals surface area (Å²) in [5.74, 6) is 0.189. The van der Waals surface area contributed by atoms with E-state index in [2.05, 4.69) is 21.0 Å².